The van der Waals surface area contributed by atoms with Crippen LogP contribution in [0.1, 0.15) is 16.8 Å². The Morgan fingerprint density at radius 1 is 1.39 bits per heavy atom. The predicted octanol–water partition coefficient (Wildman–Crippen LogP) is 2.86. The number of phenols is 1. The average molecular weight is 335 g/mol. The van der Waals surface area contributed by atoms with Crippen LogP contribution in [-0.4, -0.2) is 35.3 Å². The van der Waals surface area contributed by atoms with E-state index >= 15 is 0 Å². The number of aromatic hydroxyl groups is 1. The van der Waals surface area contributed by atoms with Gasteiger partial charge < -0.3 is 19.9 Å². The Labute approximate surface area is 138 Å². The zero-order valence-electron chi connectivity index (χ0n) is 12.2. The molecule has 2 N–H and O–H groups in total. The molecule has 1 aliphatic rings. The van der Waals surface area contributed by atoms with E-state index in [0.717, 1.165) is 6.42 Å². The van der Waals surface area contributed by atoms with E-state index in [-0.39, 0.29) is 17.5 Å². The van der Waals surface area contributed by atoms with Crippen LogP contribution in [0, 0.1) is 0 Å². The lowest BCUT2D eigenvalue weighted by Gasteiger charge is -2.11. The van der Waals surface area contributed by atoms with Crippen LogP contribution in [0.25, 0.3) is 0 Å². The molecular formula is C16H15ClN2O4. The standard InChI is InChI=1S/C16H15ClN2O4/c17-11-2-3-14(20)13(7-11)19-16(21)10-1-4-15(18-8-10)23-12-5-6-22-9-12/h1-4,7-8,12,20H,5-6,9H2,(H,19,21). The van der Waals surface area contributed by atoms with Gasteiger partial charge in [0.05, 0.1) is 24.5 Å². The van der Waals surface area contributed by atoms with Gasteiger partial charge in [0, 0.05) is 23.7 Å². The fourth-order valence-corrected chi connectivity index (χ4v) is 2.34. The molecular weight excluding hydrogens is 320 g/mol. The molecule has 0 saturated carbocycles. The minimum atomic E-state index is -0.397. The summed E-state index contributed by atoms with van der Waals surface area (Å²) >= 11 is 5.85. The Morgan fingerprint density at radius 3 is 2.96 bits per heavy atom. The third kappa shape index (κ3) is 3.91. The maximum Gasteiger partial charge on any atom is 0.257 e. The number of aromatic nitrogens is 1. The van der Waals surface area contributed by atoms with Crippen LogP contribution < -0.4 is 10.1 Å². The van der Waals surface area contributed by atoms with Crippen LogP contribution in [0.4, 0.5) is 5.69 Å². The van der Waals surface area contributed by atoms with Crippen LogP contribution in [0.2, 0.25) is 5.02 Å². The SMILES string of the molecule is O=C(Nc1cc(Cl)ccc1O)c1ccc(OC2CCOC2)nc1. The van der Waals surface area contributed by atoms with E-state index in [4.69, 9.17) is 21.1 Å². The lowest BCUT2D eigenvalue weighted by molar-refractivity contribution is 0.102. The quantitative estimate of drug-likeness (QED) is 0.840. The lowest BCUT2D eigenvalue weighted by Crippen LogP contribution is -2.17. The average Bonchev–Trinajstić information content (AvgIpc) is 3.04. The Bertz CT molecular complexity index is 700. The maximum absolute atomic E-state index is 12.2. The van der Waals surface area contributed by atoms with Gasteiger partial charge in [-0.15, -0.1) is 0 Å². The van der Waals surface area contributed by atoms with Crippen LogP contribution in [-0.2, 0) is 4.74 Å². The van der Waals surface area contributed by atoms with Gasteiger partial charge in [-0.3, -0.25) is 4.79 Å². The maximum atomic E-state index is 12.2. The number of phenolic OH excluding ortho intramolecular Hbond substituents is 1. The molecule has 1 unspecified atom stereocenters. The summed E-state index contributed by atoms with van der Waals surface area (Å²) in [6.07, 6.45) is 2.26. The molecule has 0 bridgehead atoms. The second kappa shape index (κ2) is 6.85. The molecule has 7 heteroatoms. The summed E-state index contributed by atoms with van der Waals surface area (Å²) in [5.74, 6) is -0.00892. The number of carbonyl (C=O) groups excluding carboxylic acids is 1. The number of ether oxygens (including phenoxy) is 2. The first kappa shape index (κ1) is 15.6. The van der Waals surface area contributed by atoms with Gasteiger partial charge in [0.2, 0.25) is 5.88 Å². The number of hydrogen-bond donors (Lipinski definition) is 2. The van der Waals surface area contributed by atoms with Gasteiger partial charge >= 0.3 is 0 Å². The van der Waals surface area contributed by atoms with E-state index in [9.17, 15) is 9.90 Å². The smallest absolute Gasteiger partial charge is 0.257 e. The van der Waals surface area contributed by atoms with Gasteiger partial charge in [-0.2, -0.15) is 0 Å². The number of amides is 1. The molecule has 120 valence electrons. The van der Waals surface area contributed by atoms with Crippen molar-refractivity contribution in [3.8, 4) is 11.6 Å². The number of pyridine rings is 1. The topological polar surface area (TPSA) is 80.7 Å². The Morgan fingerprint density at radius 2 is 2.26 bits per heavy atom. The molecule has 6 nitrogen and oxygen atoms in total. The van der Waals surface area contributed by atoms with Crippen molar-refractivity contribution >= 4 is 23.2 Å². The molecule has 23 heavy (non-hydrogen) atoms. The number of benzene rings is 1. The number of carbonyl (C=O) groups is 1. The minimum Gasteiger partial charge on any atom is -0.506 e. The Hall–Kier alpha value is -2.31. The first-order chi connectivity index (χ1) is 11.1. The fraction of sp³-hybridized carbons (Fsp3) is 0.250. The lowest BCUT2D eigenvalue weighted by atomic mass is 10.2. The number of hydrogen-bond acceptors (Lipinski definition) is 5. The van der Waals surface area contributed by atoms with E-state index in [2.05, 4.69) is 10.3 Å². The van der Waals surface area contributed by atoms with E-state index in [1.165, 1.54) is 24.4 Å². The molecule has 0 spiro atoms. The van der Waals surface area contributed by atoms with Crippen molar-refractivity contribution in [2.24, 2.45) is 0 Å². The Kier molecular flexibility index (Phi) is 4.64. The largest absolute Gasteiger partial charge is 0.506 e. The third-order valence-electron chi connectivity index (χ3n) is 3.38. The van der Waals surface area contributed by atoms with Crippen molar-refractivity contribution in [1.29, 1.82) is 0 Å². The predicted molar refractivity (Wildman–Crippen MR) is 85.2 cm³/mol. The van der Waals surface area contributed by atoms with E-state index in [1.807, 2.05) is 0 Å². The zero-order valence-corrected chi connectivity index (χ0v) is 12.9. The van der Waals surface area contributed by atoms with E-state index < -0.39 is 5.91 Å². The molecule has 1 atom stereocenters. The van der Waals surface area contributed by atoms with Gasteiger partial charge in [-0.05, 0) is 24.3 Å². The van der Waals surface area contributed by atoms with Crippen LogP contribution >= 0.6 is 11.6 Å². The number of anilines is 1. The highest BCUT2D eigenvalue weighted by atomic mass is 35.5. The van der Waals surface area contributed by atoms with Crippen LogP contribution in [0.5, 0.6) is 11.6 Å². The molecule has 1 amide bonds. The second-order valence-electron chi connectivity index (χ2n) is 5.10. The summed E-state index contributed by atoms with van der Waals surface area (Å²) in [5, 5.41) is 12.7. The van der Waals surface area contributed by atoms with Crippen molar-refractivity contribution in [3.63, 3.8) is 0 Å². The number of halogens is 1. The van der Waals surface area contributed by atoms with Gasteiger partial charge in [0.1, 0.15) is 11.9 Å². The summed E-state index contributed by atoms with van der Waals surface area (Å²) < 4.78 is 10.9. The van der Waals surface area contributed by atoms with Crippen molar-refractivity contribution < 1.29 is 19.4 Å². The molecule has 1 fully saturated rings. The summed E-state index contributed by atoms with van der Waals surface area (Å²) in [5.41, 5.74) is 0.588. The van der Waals surface area contributed by atoms with Gasteiger partial charge in [-0.25, -0.2) is 4.98 Å². The van der Waals surface area contributed by atoms with E-state index in [1.54, 1.807) is 12.1 Å². The molecule has 1 aromatic carbocycles. The molecule has 0 radical (unpaired) electrons. The number of nitrogens with zero attached hydrogens (tertiary/aromatic N) is 1. The normalized spacial score (nSPS) is 17.0. The number of nitrogens with one attached hydrogen (secondary N) is 1. The second-order valence-corrected chi connectivity index (χ2v) is 5.54. The highest BCUT2D eigenvalue weighted by Gasteiger charge is 2.18. The van der Waals surface area contributed by atoms with Crippen molar-refractivity contribution in [2.45, 2.75) is 12.5 Å². The van der Waals surface area contributed by atoms with Gasteiger partial charge in [0.15, 0.2) is 0 Å². The van der Waals surface area contributed by atoms with Crippen molar-refractivity contribution in [1.82, 2.24) is 4.98 Å². The van der Waals surface area contributed by atoms with Gasteiger partial charge in [0.25, 0.3) is 5.91 Å². The summed E-state index contributed by atoms with van der Waals surface area (Å²) in [6, 6.07) is 7.66. The molecule has 3 rings (SSSR count). The zero-order chi connectivity index (χ0) is 16.2. The summed E-state index contributed by atoms with van der Waals surface area (Å²) in [7, 11) is 0. The monoisotopic (exact) mass is 334 g/mol. The third-order valence-corrected chi connectivity index (χ3v) is 3.62. The molecule has 2 heterocycles. The van der Waals surface area contributed by atoms with Crippen LogP contribution in [0.3, 0.4) is 0 Å². The Balaban J connectivity index is 1.66. The first-order valence-corrected chi connectivity index (χ1v) is 7.50. The van der Waals surface area contributed by atoms with Gasteiger partial charge in [-0.1, -0.05) is 11.6 Å². The molecule has 1 aliphatic heterocycles. The summed E-state index contributed by atoms with van der Waals surface area (Å²) in [6.45, 7) is 1.24. The molecule has 0 aliphatic carbocycles. The van der Waals surface area contributed by atoms with Crippen molar-refractivity contribution in [3.05, 3.63) is 47.1 Å². The highest BCUT2D eigenvalue weighted by Crippen LogP contribution is 2.27. The van der Waals surface area contributed by atoms with E-state index in [0.29, 0.717) is 29.7 Å². The highest BCUT2D eigenvalue weighted by molar-refractivity contribution is 6.31. The number of rotatable bonds is 4. The van der Waals surface area contributed by atoms with Crippen molar-refractivity contribution in [2.75, 3.05) is 18.5 Å². The van der Waals surface area contributed by atoms with Crippen LogP contribution in [0.15, 0.2) is 36.5 Å². The molecule has 1 saturated heterocycles. The fourth-order valence-electron chi connectivity index (χ4n) is 2.16. The first-order valence-electron chi connectivity index (χ1n) is 7.12. The minimum absolute atomic E-state index is 0.00517. The molecule has 2 aromatic rings. The summed E-state index contributed by atoms with van der Waals surface area (Å²) in [4.78, 5) is 16.3. The molecule has 1 aromatic heterocycles.